The summed E-state index contributed by atoms with van der Waals surface area (Å²) in [6.45, 7) is 3.55. The summed E-state index contributed by atoms with van der Waals surface area (Å²) in [5.74, 6) is 2.51. The van der Waals surface area contributed by atoms with E-state index in [9.17, 15) is 0 Å². The van der Waals surface area contributed by atoms with E-state index >= 15 is 0 Å². The van der Waals surface area contributed by atoms with Crippen LogP contribution in [-0.2, 0) is 0 Å². The Morgan fingerprint density at radius 3 is 2.00 bits per heavy atom. The average Bonchev–Trinajstić information content (AvgIpc) is 2.41. The zero-order chi connectivity index (χ0) is 12.8. The van der Waals surface area contributed by atoms with Gasteiger partial charge in [-0.3, -0.25) is 0 Å². The Labute approximate surface area is 111 Å². The van der Waals surface area contributed by atoms with Crippen LogP contribution in [0.5, 0.6) is 0 Å². The maximum Gasteiger partial charge on any atom is -0.0247 e. The van der Waals surface area contributed by atoms with Crippen LogP contribution in [0.15, 0.2) is 60.7 Å². The second-order valence-corrected chi connectivity index (χ2v) is 8.62. The summed E-state index contributed by atoms with van der Waals surface area (Å²) in [5, 5.41) is 1.51. The third kappa shape index (κ3) is 3.15. The third-order valence-electron chi connectivity index (χ3n) is 3.27. The summed E-state index contributed by atoms with van der Waals surface area (Å²) in [6.07, 6.45) is 2.52. The topological polar surface area (TPSA) is 0 Å². The lowest BCUT2D eigenvalue weighted by molar-refractivity contribution is 1.10. The Bertz CT molecular complexity index is 526. The predicted molar refractivity (Wildman–Crippen MR) is 85.7 cm³/mol. The lowest BCUT2D eigenvalue weighted by Gasteiger charge is -2.21. The highest BCUT2D eigenvalue weighted by atomic mass is 31.2. The van der Waals surface area contributed by atoms with Crippen molar-refractivity contribution in [2.75, 3.05) is 12.8 Å². The van der Waals surface area contributed by atoms with Gasteiger partial charge in [-0.2, -0.15) is 0 Å². The normalized spacial score (nSPS) is 13.9. The molecule has 18 heavy (non-hydrogen) atoms. The molecule has 0 aromatic heterocycles. The molecule has 0 bridgehead atoms. The number of rotatable bonds is 4. The van der Waals surface area contributed by atoms with Crippen LogP contribution in [-0.4, -0.2) is 18.6 Å². The van der Waals surface area contributed by atoms with E-state index in [4.69, 9.17) is 0 Å². The average molecular weight is 256 g/mol. The highest BCUT2D eigenvalue weighted by Gasteiger charge is 2.12. The fourth-order valence-electron chi connectivity index (χ4n) is 2.37. The fourth-order valence-corrected chi connectivity index (χ4v) is 5.52. The molecule has 0 saturated heterocycles. The van der Waals surface area contributed by atoms with Gasteiger partial charge in [0.25, 0.3) is 0 Å². The number of benzene rings is 2. The van der Waals surface area contributed by atoms with Gasteiger partial charge in [0.2, 0.25) is 0 Å². The van der Waals surface area contributed by atoms with E-state index in [2.05, 4.69) is 80.0 Å². The van der Waals surface area contributed by atoms with Gasteiger partial charge in [0.05, 0.1) is 0 Å². The van der Waals surface area contributed by atoms with Gasteiger partial charge in [-0.1, -0.05) is 86.7 Å². The summed E-state index contributed by atoms with van der Waals surface area (Å²) < 4.78 is 0. The van der Waals surface area contributed by atoms with Gasteiger partial charge in [0.15, 0.2) is 0 Å². The standard InChI is InChI=1S/C17H21P/c1-3-14-18(2,17-12-8-5-9-13-17)15-16-10-6-4-7-11-16/h4-13,15H,3,14H2,1-2H3. The Morgan fingerprint density at radius 1 is 0.889 bits per heavy atom. The molecule has 0 aliphatic carbocycles. The molecule has 0 saturated carbocycles. The molecule has 0 aliphatic heterocycles. The smallest absolute Gasteiger partial charge is 0.0247 e. The minimum atomic E-state index is -1.17. The molecule has 0 aliphatic rings. The largest absolute Gasteiger partial charge is 0.0797 e. The Morgan fingerprint density at radius 2 is 1.44 bits per heavy atom. The second kappa shape index (κ2) is 6.07. The number of hydrogen-bond acceptors (Lipinski definition) is 0. The SMILES string of the molecule is CCCP(C)(=Cc1ccccc1)c1ccccc1. The summed E-state index contributed by atoms with van der Waals surface area (Å²) in [4.78, 5) is 0. The quantitative estimate of drug-likeness (QED) is 0.718. The molecule has 0 heterocycles. The van der Waals surface area contributed by atoms with Crippen LogP contribution in [0.1, 0.15) is 18.9 Å². The van der Waals surface area contributed by atoms with Crippen LogP contribution >= 0.6 is 6.89 Å². The first-order valence-corrected chi connectivity index (χ1v) is 9.05. The molecule has 0 fully saturated rings. The first kappa shape index (κ1) is 13.2. The van der Waals surface area contributed by atoms with Crippen molar-refractivity contribution in [3.8, 4) is 0 Å². The molecule has 0 N–H and O–H groups in total. The lowest BCUT2D eigenvalue weighted by atomic mass is 10.2. The molecule has 0 amide bonds. The van der Waals surface area contributed by atoms with Crippen LogP contribution in [0.4, 0.5) is 0 Å². The van der Waals surface area contributed by atoms with Crippen LogP contribution in [0.25, 0.3) is 0 Å². The van der Waals surface area contributed by atoms with Gasteiger partial charge < -0.3 is 0 Å². The van der Waals surface area contributed by atoms with Gasteiger partial charge in [-0.05, 0) is 23.7 Å². The van der Waals surface area contributed by atoms with E-state index in [0.717, 1.165) is 0 Å². The molecule has 2 aromatic carbocycles. The van der Waals surface area contributed by atoms with Gasteiger partial charge in [-0.15, -0.1) is 0 Å². The van der Waals surface area contributed by atoms with Crippen LogP contribution in [0.2, 0.25) is 0 Å². The van der Waals surface area contributed by atoms with Gasteiger partial charge in [0, 0.05) is 0 Å². The van der Waals surface area contributed by atoms with E-state index in [-0.39, 0.29) is 0 Å². The maximum absolute atomic E-state index is 2.51. The summed E-state index contributed by atoms with van der Waals surface area (Å²) >= 11 is 0. The van der Waals surface area contributed by atoms with Crippen molar-refractivity contribution in [3.63, 3.8) is 0 Å². The van der Waals surface area contributed by atoms with E-state index < -0.39 is 6.89 Å². The highest BCUT2D eigenvalue weighted by molar-refractivity contribution is 7.81. The van der Waals surface area contributed by atoms with Crippen molar-refractivity contribution in [2.45, 2.75) is 13.3 Å². The molecule has 94 valence electrons. The second-order valence-electron chi connectivity index (χ2n) is 4.87. The maximum atomic E-state index is 2.51. The van der Waals surface area contributed by atoms with E-state index in [1.807, 2.05) is 0 Å². The van der Waals surface area contributed by atoms with E-state index in [1.54, 1.807) is 0 Å². The number of hydrogen-bond donors (Lipinski definition) is 0. The van der Waals surface area contributed by atoms with Crippen molar-refractivity contribution >= 4 is 18.0 Å². The van der Waals surface area contributed by atoms with Crippen LogP contribution in [0.3, 0.4) is 0 Å². The van der Waals surface area contributed by atoms with Gasteiger partial charge in [-0.25, -0.2) is 0 Å². The summed E-state index contributed by atoms with van der Waals surface area (Å²) in [7, 11) is 0. The highest BCUT2D eigenvalue weighted by Crippen LogP contribution is 2.42. The fraction of sp³-hybridized carbons (Fsp3) is 0.235. The minimum Gasteiger partial charge on any atom is -0.0797 e. The third-order valence-corrected chi connectivity index (χ3v) is 6.99. The van der Waals surface area contributed by atoms with Crippen molar-refractivity contribution < 1.29 is 0 Å². The lowest BCUT2D eigenvalue weighted by Crippen LogP contribution is -2.09. The van der Waals surface area contributed by atoms with Crippen molar-refractivity contribution in [2.24, 2.45) is 0 Å². The molecule has 2 rings (SSSR count). The molecule has 0 radical (unpaired) electrons. The van der Waals surface area contributed by atoms with Crippen LogP contribution in [0, 0.1) is 0 Å². The molecule has 0 spiro atoms. The van der Waals surface area contributed by atoms with Gasteiger partial charge >= 0.3 is 0 Å². The van der Waals surface area contributed by atoms with Crippen LogP contribution < -0.4 is 5.30 Å². The molecular formula is C17H21P. The predicted octanol–water partition coefficient (Wildman–Crippen LogP) is 4.22. The molecule has 0 nitrogen and oxygen atoms in total. The zero-order valence-corrected chi connectivity index (χ0v) is 12.1. The first-order chi connectivity index (χ1) is 8.74. The molecule has 2 aromatic rings. The Kier molecular flexibility index (Phi) is 4.44. The van der Waals surface area contributed by atoms with E-state index in [1.165, 1.54) is 23.5 Å². The first-order valence-electron chi connectivity index (χ1n) is 6.56. The summed E-state index contributed by atoms with van der Waals surface area (Å²) in [5.41, 5.74) is 1.35. The Balaban J connectivity index is 2.48. The molecular weight excluding hydrogens is 235 g/mol. The molecule has 1 atom stereocenters. The zero-order valence-electron chi connectivity index (χ0n) is 11.2. The summed E-state index contributed by atoms with van der Waals surface area (Å²) in [6, 6.07) is 21.7. The van der Waals surface area contributed by atoms with Gasteiger partial charge in [0.1, 0.15) is 0 Å². The van der Waals surface area contributed by atoms with Crippen molar-refractivity contribution in [3.05, 3.63) is 66.2 Å². The Hall–Kier alpha value is -1.26. The van der Waals surface area contributed by atoms with Crippen molar-refractivity contribution in [1.82, 2.24) is 0 Å². The van der Waals surface area contributed by atoms with E-state index in [0.29, 0.717) is 0 Å². The van der Waals surface area contributed by atoms with Crippen molar-refractivity contribution in [1.29, 1.82) is 0 Å². The molecule has 1 heteroatoms. The minimum absolute atomic E-state index is 1.17. The monoisotopic (exact) mass is 256 g/mol. The molecule has 1 unspecified atom stereocenters.